The average Bonchev–Trinajstić information content (AvgIpc) is 2.82. The fourth-order valence-corrected chi connectivity index (χ4v) is 1.83. The molecule has 116 valence electrons. The van der Waals surface area contributed by atoms with Gasteiger partial charge in [0.25, 0.3) is 5.91 Å². The molecule has 0 saturated carbocycles. The minimum Gasteiger partial charge on any atom is -0.350 e. The third kappa shape index (κ3) is 4.15. The molecule has 0 unspecified atom stereocenters. The summed E-state index contributed by atoms with van der Waals surface area (Å²) in [4.78, 5) is 23.5. The van der Waals surface area contributed by atoms with Gasteiger partial charge in [-0.2, -0.15) is 5.10 Å². The number of carbonyl (C=O) groups is 2. The zero-order chi connectivity index (χ0) is 16.1. The molecule has 2 N–H and O–H groups in total. The van der Waals surface area contributed by atoms with Crippen molar-refractivity contribution in [1.82, 2.24) is 20.4 Å². The van der Waals surface area contributed by atoms with E-state index in [0.29, 0.717) is 5.56 Å². The number of benzene rings is 1. The normalized spacial score (nSPS) is 10.3. The number of aromatic nitrogens is 2. The Kier molecular flexibility index (Phi) is 4.88. The van der Waals surface area contributed by atoms with Crippen LogP contribution >= 0.6 is 0 Å². The predicted molar refractivity (Wildman–Crippen MR) is 78.5 cm³/mol. The van der Waals surface area contributed by atoms with Crippen molar-refractivity contribution in [2.75, 3.05) is 6.54 Å². The van der Waals surface area contributed by atoms with Crippen molar-refractivity contribution in [3.8, 4) is 0 Å². The molecule has 0 spiro atoms. The van der Waals surface area contributed by atoms with Crippen LogP contribution in [0, 0.1) is 12.7 Å². The molecule has 0 aliphatic carbocycles. The number of carbonyl (C=O) groups excluding carboxylic acids is 2. The quantitative estimate of drug-likeness (QED) is 0.862. The molecule has 7 heteroatoms. The van der Waals surface area contributed by atoms with Gasteiger partial charge in [-0.3, -0.25) is 14.3 Å². The summed E-state index contributed by atoms with van der Waals surface area (Å²) in [5, 5.41) is 9.11. The molecule has 1 aromatic carbocycles. The largest absolute Gasteiger partial charge is 0.350 e. The Bertz CT molecular complexity index is 677. The van der Waals surface area contributed by atoms with Gasteiger partial charge in [-0.15, -0.1) is 0 Å². The van der Waals surface area contributed by atoms with Crippen LogP contribution in [0.3, 0.4) is 0 Å². The molecule has 2 amide bonds. The zero-order valence-electron chi connectivity index (χ0n) is 12.4. The fraction of sp³-hybridized carbons (Fsp3) is 0.267. The van der Waals surface area contributed by atoms with E-state index in [2.05, 4.69) is 15.7 Å². The number of aryl methyl sites for hydroxylation is 2. The van der Waals surface area contributed by atoms with E-state index < -0.39 is 5.91 Å². The van der Waals surface area contributed by atoms with E-state index in [-0.39, 0.29) is 30.5 Å². The zero-order valence-corrected chi connectivity index (χ0v) is 12.4. The molecule has 1 aromatic heterocycles. The predicted octanol–water partition coefficient (Wildman–Crippen LogP) is 0.914. The van der Waals surface area contributed by atoms with Crippen molar-refractivity contribution >= 4 is 11.8 Å². The highest BCUT2D eigenvalue weighted by molar-refractivity contribution is 5.94. The van der Waals surface area contributed by atoms with E-state index in [1.807, 2.05) is 6.92 Å². The first-order chi connectivity index (χ1) is 10.5. The van der Waals surface area contributed by atoms with E-state index in [1.54, 1.807) is 29.9 Å². The van der Waals surface area contributed by atoms with Crippen LogP contribution in [0.25, 0.3) is 0 Å². The second-order valence-corrected chi connectivity index (χ2v) is 4.88. The first-order valence-corrected chi connectivity index (χ1v) is 6.75. The van der Waals surface area contributed by atoms with E-state index in [1.165, 1.54) is 12.1 Å². The number of rotatable bonds is 5. The first kappa shape index (κ1) is 15.7. The van der Waals surface area contributed by atoms with Gasteiger partial charge in [0.2, 0.25) is 5.91 Å². The average molecular weight is 304 g/mol. The molecule has 0 aliphatic heterocycles. The first-order valence-electron chi connectivity index (χ1n) is 6.75. The highest BCUT2D eigenvalue weighted by Gasteiger charge is 2.12. The Morgan fingerprint density at radius 1 is 1.27 bits per heavy atom. The van der Waals surface area contributed by atoms with Crippen LogP contribution < -0.4 is 10.6 Å². The van der Waals surface area contributed by atoms with E-state index >= 15 is 0 Å². The van der Waals surface area contributed by atoms with Crippen LogP contribution in [0.4, 0.5) is 4.39 Å². The summed E-state index contributed by atoms with van der Waals surface area (Å²) < 4.78 is 14.6. The summed E-state index contributed by atoms with van der Waals surface area (Å²) >= 11 is 0. The van der Waals surface area contributed by atoms with Crippen LogP contribution in [0.2, 0.25) is 0 Å². The second kappa shape index (κ2) is 6.84. The Hall–Kier alpha value is -2.70. The van der Waals surface area contributed by atoms with E-state index in [0.717, 1.165) is 5.69 Å². The molecule has 0 aliphatic rings. The Morgan fingerprint density at radius 2 is 2.05 bits per heavy atom. The van der Waals surface area contributed by atoms with Crippen molar-refractivity contribution in [3.63, 3.8) is 0 Å². The smallest absolute Gasteiger partial charge is 0.272 e. The van der Waals surface area contributed by atoms with Gasteiger partial charge in [-0.05, 0) is 30.7 Å². The van der Waals surface area contributed by atoms with Crippen molar-refractivity contribution in [1.29, 1.82) is 0 Å². The van der Waals surface area contributed by atoms with Gasteiger partial charge in [-0.1, -0.05) is 12.1 Å². The van der Waals surface area contributed by atoms with Crippen molar-refractivity contribution in [3.05, 3.63) is 53.1 Å². The molecular weight excluding hydrogens is 287 g/mol. The summed E-state index contributed by atoms with van der Waals surface area (Å²) in [6, 6.07) is 7.59. The summed E-state index contributed by atoms with van der Waals surface area (Å²) in [5.74, 6) is -1.12. The molecular formula is C15H17FN4O2. The maximum absolute atomic E-state index is 13.0. The summed E-state index contributed by atoms with van der Waals surface area (Å²) in [7, 11) is 1.73. The lowest BCUT2D eigenvalue weighted by molar-refractivity contribution is -0.120. The van der Waals surface area contributed by atoms with E-state index in [9.17, 15) is 14.0 Å². The van der Waals surface area contributed by atoms with Crippen LogP contribution in [0.5, 0.6) is 0 Å². The molecule has 1 heterocycles. The minimum absolute atomic E-state index is 0.163. The van der Waals surface area contributed by atoms with Gasteiger partial charge in [0.1, 0.15) is 11.5 Å². The number of nitrogens with one attached hydrogen (secondary N) is 2. The minimum atomic E-state index is -0.412. The molecule has 0 fully saturated rings. The monoisotopic (exact) mass is 304 g/mol. The summed E-state index contributed by atoms with van der Waals surface area (Å²) in [6.45, 7) is 1.87. The number of nitrogens with zero attached hydrogens (tertiary/aromatic N) is 2. The van der Waals surface area contributed by atoms with Crippen LogP contribution in [-0.2, 0) is 18.4 Å². The summed E-state index contributed by atoms with van der Waals surface area (Å²) in [6.07, 6.45) is 0. The third-order valence-corrected chi connectivity index (χ3v) is 3.13. The number of amides is 2. The van der Waals surface area contributed by atoms with Gasteiger partial charge < -0.3 is 10.6 Å². The van der Waals surface area contributed by atoms with E-state index in [4.69, 9.17) is 0 Å². The maximum Gasteiger partial charge on any atom is 0.272 e. The van der Waals surface area contributed by atoms with Crippen molar-refractivity contribution in [2.24, 2.45) is 7.05 Å². The number of halogens is 1. The topological polar surface area (TPSA) is 76.0 Å². The SMILES string of the molecule is Cc1cc(C(=O)NCC(=O)NCc2cccc(F)c2)nn1C. The molecule has 22 heavy (non-hydrogen) atoms. The highest BCUT2D eigenvalue weighted by Crippen LogP contribution is 2.03. The third-order valence-electron chi connectivity index (χ3n) is 3.13. The summed E-state index contributed by atoms with van der Waals surface area (Å²) in [5.41, 5.74) is 1.76. The van der Waals surface area contributed by atoms with Gasteiger partial charge in [0.05, 0.1) is 6.54 Å². The standard InChI is InChI=1S/C15H17FN4O2/c1-10-6-13(19-20(10)2)15(22)18-9-14(21)17-8-11-4-3-5-12(16)7-11/h3-7H,8-9H2,1-2H3,(H,17,21)(H,18,22). The van der Waals surface area contributed by atoms with Crippen LogP contribution in [-0.4, -0.2) is 28.1 Å². The number of hydrogen-bond donors (Lipinski definition) is 2. The number of hydrogen-bond acceptors (Lipinski definition) is 3. The lowest BCUT2D eigenvalue weighted by Gasteiger charge is -2.06. The molecule has 6 nitrogen and oxygen atoms in total. The van der Waals surface area contributed by atoms with Gasteiger partial charge in [-0.25, -0.2) is 4.39 Å². The highest BCUT2D eigenvalue weighted by atomic mass is 19.1. The van der Waals surface area contributed by atoms with Gasteiger partial charge >= 0.3 is 0 Å². The molecule has 0 radical (unpaired) electrons. The van der Waals surface area contributed by atoms with Crippen molar-refractivity contribution < 1.29 is 14.0 Å². The van der Waals surface area contributed by atoms with Gasteiger partial charge in [0.15, 0.2) is 0 Å². The molecule has 0 atom stereocenters. The fourth-order valence-electron chi connectivity index (χ4n) is 1.83. The molecule has 2 aromatic rings. The molecule has 2 rings (SSSR count). The molecule has 0 saturated heterocycles. The lowest BCUT2D eigenvalue weighted by Crippen LogP contribution is -2.36. The van der Waals surface area contributed by atoms with Crippen molar-refractivity contribution in [2.45, 2.75) is 13.5 Å². The van der Waals surface area contributed by atoms with Gasteiger partial charge in [0, 0.05) is 19.3 Å². The lowest BCUT2D eigenvalue weighted by atomic mass is 10.2. The Labute approximate surface area is 127 Å². The van der Waals surface area contributed by atoms with Crippen LogP contribution in [0.15, 0.2) is 30.3 Å². The Morgan fingerprint density at radius 3 is 2.68 bits per heavy atom. The molecule has 0 bridgehead atoms. The maximum atomic E-state index is 13.0. The Balaban J connectivity index is 1.79. The second-order valence-electron chi connectivity index (χ2n) is 4.88. The van der Waals surface area contributed by atoms with Crippen LogP contribution in [0.1, 0.15) is 21.7 Å².